The maximum Gasteiger partial charge on any atom is 0.0671 e. The molecule has 0 radical (unpaired) electrons. The van der Waals surface area contributed by atoms with Crippen LogP contribution in [0.15, 0.2) is 0 Å². The Morgan fingerprint density at radius 1 is 1.25 bits per heavy atom. The van der Waals surface area contributed by atoms with Crippen molar-refractivity contribution < 1.29 is 0 Å². The van der Waals surface area contributed by atoms with E-state index in [0.717, 1.165) is 18.8 Å². The van der Waals surface area contributed by atoms with Crippen molar-refractivity contribution in [2.45, 2.75) is 84.1 Å². The molecule has 3 unspecified atom stereocenters. The number of rotatable bonds is 5. The summed E-state index contributed by atoms with van der Waals surface area (Å²) in [6.45, 7) is 8.82. The van der Waals surface area contributed by atoms with Crippen molar-refractivity contribution >= 4 is 11.6 Å². The lowest BCUT2D eigenvalue weighted by Gasteiger charge is -2.30. The van der Waals surface area contributed by atoms with Gasteiger partial charge in [0.05, 0.1) is 17.1 Å². The molecule has 2 nitrogen and oxygen atoms in total. The summed E-state index contributed by atoms with van der Waals surface area (Å²) in [6, 6.07) is 0.595. The average molecular weight is 297 g/mol. The van der Waals surface area contributed by atoms with Gasteiger partial charge >= 0.3 is 0 Å². The van der Waals surface area contributed by atoms with Gasteiger partial charge < -0.3 is 0 Å². The van der Waals surface area contributed by atoms with Gasteiger partial charge in [0.1, 0.15) is 0 Å². The lowest BCUT2D eigenvalue weighted by Crippen LogP contribution is -2.21. The van der Waals surface area contributed by atoms with Crippen LogP contribution < -0.4 is 0 Å². The lowest BCUT2D eigenvalue weighted by molar-refractivity contribution is 0.243. The van der Waals surface area contributed by atoms with Crippen molar-refractivity contribution in [3.05, 3.63) is 17.0 Å². The molecule has 20 heavy (non-hydrogen) atoms. The van der Waals surface area contributed by atoms with Gasteiger partial charge in [-0.05, 0) is 38.5 Å². The summed E-state index contributed by atoms with van der Waals surface area (Å²) in [4.78, 5) is 0. The second kappa shape index (κ2) is 6.98. The SMILES string of the molecule is CCc1nn(C2CCCC(CC)C2)c(CC)c1C(C)Cl. The Hall–Kier alpha value is -0.500. The van der Waals surface area contributed by atoms with Crippen molar-refractivity contribution in [1.82, 2.24) is 9.78 Å². The third-order valence-electron chi connectivity index (χ3n) is 4.87. The molecule has 3 atom stereocenters. The topological polar surface area (TPSA) is 17.8 Å². The maximum atomic E-state index is 6.43. The molecule has 0 N–H and O–H groups in total. The fraction of sp³-hybridized carbons (Fsp3) is 0.824. The molecule has 0 aliphatic heterocycles. The number of hydrogen-bond acceptors (Lipinski definition) is 1. The van der Waals surface area contributed by atoms with Gasteiger partial charge in [-0.1, -0.05) is 40.0 Å². The largest absolute Gasteiger partial charge is 0.266 e. The van der Waals surface area contributed by atoms with Crippen LogP contribution in [0.3, 0.4) is 0 Å². The Morgan fingerprint density at radius 3 is 2.55 bits per heavy atom. The summed E-state index contributed by atoms with van der Waals surface area (Å²) in [5.41, 5.74) is 3.89. The monoisotopic (exact) mass is 296 g/mol. The van der Waals surface area contributed by atoms with E-state index in [1.54, 1.807) is 0 Å². The highest BCUT2D eigenvalue weighted by molar-refractivity contribution is 6.20. The number of alkyl halides is 1. The van der Waals surface area contributed by atoms with Crippen molar-refractivity contribution in [1.29, 1.82) is 0 Å². The Balaban J connectivity index is 2.35. The van der Waals surface area contributed by atoms with Crippen molar-refractivity contribution in [3.8, 4) is 0 Å². The second-order valence-corrected chi connectivity index (χ2v) is 6.82. The summed E-state index contributed by atoms with van der Waals surface area (Å²) in [7, 11) is 0. The number of halogens is 1. The van der Waals surface area contributed by atoms with Crippen molar-refractivity contribution in [2.75, 3.05) is 0 Å². The standard InChI is InChI=1S/C17H29ClN2/c1-5-13-9-8-10-14(11-13)20-16(7-3)17(12(4)18)15(6-2)19-20/h12-14H,5-11H2,1-4H3. The number of aryl methyl sites for hydroxylation is 1. The van der Waals surface area contributed by atoms with E-state index in [0.29, 0.717) is 6.04 Å². The first-order valence-electron chi connectivity index (χ1n) is 8.36. The van der Waals surface area contributed by atoms with E-state index < -0.39 is 0 Å². The lowest BCUT2D eigenvalue weighted by atomic mass is 9.84. The molecule has 0 saturated heterocycles. The Kier molecular flexibility index (Phi) is 5.54. The summed E-state index contributed by atoms with van der Waals surface area (Å²) in [5.74, 6) is 0.879. The molecule has 1 aromatic rings. The first-order valence-corrected chi connectivity index (χ1v) is 8.80. The summed E-state index contributed by atoms with van der Waals surface area (Å²) in [5, 5.41) is 5.01. The molecule has 1 aromatic heterocycles. The van der Waals surface area contributed by atoms with Gasteiger partial charge in [0.2, 0.25) is 0 Å². The van der Waals surface area contributed by atoms with E-state index in [9.17, 15) is 0 Å². The van der Waals surface area contributed by atoms with Crippen LogP contribution in [0.5, 0.6) is 0 Å². The highest BCUT2D eigenvalue weighted by Gasteiger charge is 2.27. The minimum atomic E-state index is 0.0687. The molecule has 2 rings (SSSR count). The van der Waals surface area contributed by atoms with Crippen molar-refractivity contribution in [2.24, 2.45) is 5.92 Å². The van der Waals surface area contributed by atoms with Crippen LogP contribution in [0.1, 0.15) is 88.2 Å². The summed E-state index contributed by atoms with van der Waals surface area (Å²) < 4.78 is 2.34. The second-order valence-electron chi connectivity index (χ2n) is 6.17. The Labute approximate surface area is 128 Å². The molecule has 1 saturated carbocycles. The number of hydrogen-bond donors (Lipinski definition) is 0. The molecule has 1 heterocycles. The van der Waals surface area contributed by atoms with Gasteiger partial charge in [0.15, 0.2) is 0 Å². The minimum Gasteiger partial charge on any atom is -0.266 e. The van der Waals surface area contributed by atoms with Crippen LogP contribution in [-0.2, 0) is 12.8 Å². The molecule has 0 aromatic carbocycles. The highest BCUT2D eigenvalue weighted by atomic mass is 35.5. The van der Waals surface area contributed by atoms with Crippen LogP contribution in [0.25, 0.3) is 0 Å². The van der Waals surface area contributed by atoms with Gasteiger partial charge in [0, 0.05) is 11.3 Å². The molecule has 1 aliphatic rings. The fourth-order valence-electron chi connectivity index (χ4n) is 3.76. The zero-order valence-electron chi connectivity index (χ0n) is 13.5. The minimum absolute atomic E-state index is 0.0687. The molecule has 0 amide bonds. The van der Waals surface area contributed by atoms with Crippen LogP contribution in [0.4, 0.5) is 0 Å². The van der Waals surface area contributed by atoms with Gasteiger partial charge in [-0.3, -0.25) is 4.68 Å². The third-order valence-corrected chi connectivity index (χ3v) is 5.09. The zero-order valence-corrected chi connectivity index (χ0v) is 14.2. The van der Waals surface area contributed by atoms with E-state index in [1.165, 1.54) is 49.1 Å². The Bertz CT molecular complexity index is 436. The van der Waals surface area contributed by atoms with Crippen LogP contribution in [-0.4, -0.2) is 9.78 Å². The quantitative estimate of drug-likeness (QED) is 0.661. The maximum absolute atomic E-state index is 6.43. The smallest absolute Gasteiger partial charge is 0.0671 e. The molecule has 0 spiro atoms. The highest BCUT2D eigenvalue weighted by Crippen LogP contribution is 2.37. The number of aromatic nitrogens is 2. The third kappa shape index (κ3) is 3.05. The Morgan fingerprint density at radius 2 is 2.00 bits per heavy atom. The van der Waals surface area contributed by atoms with Gasteiger partial charge in [-0.15, -0.1) is 11.6 Å². The van der Waals surface area contributed by atoms with Gasteiger partial charge in [-0.25, -0.2) is 0 Å². The molecule has 0 bridgehead atoms. The van der Waals surface area contributed by atoms with Crippen LogP contribution in [0.2, 0.25) is 0 Å². The van der Waals surface area contributed by atoms with E-state index in [4.69, 9.17) is 16.7 Å². The fourth-order valence-corrected chi connectivity index (χ4v) is 4.02. The molecular weight excluding hydrogens is 268 g/mol. The average Bonchev–Trinajstić information content (AvgIpc) is 2.86. The summed E-state index contributed by atoms with van der Waals surface area (Å²) in [6.07, 6.45) is 8.64. The van der Waals surface area contributed by atoms with E-state index in [2.05, 4.69) is 32.4 Å². The predicted octanol–water partition coefficient (Wildman–Crippen LogP) is 5.45. The zero-order chi connectivity index (χ0) is 14.7. The number of nitrogens with zero attached hydrogens (tertiary/aromatic N) is 2. The first kappa shape index (κ1) is 15.9. The van der Waals surface area contributed by atoms with E-state index in [-0.39, 0.29) is 5.38 Å². The molecule has 3 heteroatoms. The van der Waals surface area contributed by atoms with Crippen LogP contribution in [0, 0.1) is 5.92 Å². The van der Waals surface area contributed by atoms with Gasteiger partial charge in [-0.2, -0.15) is 5.10 Å². The van der Waals surface area contributed by atoms with E-state index in [1.807, 2.05) is 0 Å². The normalized spacial score (nSPS) is 24.9. The predicted molar refractivity (Wildman–Crippen MR) is 86.5 cm³/mol. The first-order chi connectivity index (χ1) is 9.62. The van der Waals surface area contributed by atoms with Crippen molar-refractivity contribution in [3.63, 3.8) is 0 Å². The molecule has 1 aliphatic carbocycles. The molecule has 1 fully saturated rings. The van der Waals surface area contributed by atoms with E-state index >= 15 is 0 Å². The molecular formula is C17H29ClN2. The van der Waals surface area contributed by atoms with Crippen LogP contribution >= 0.6 is 11.6 Å². The summed E-state index contributed by atoms with van der Waals surface area (Å²) >= 11 is 6.43. The van der Waals surface area contributed by atoms with Gasteiger partial charge in [0.25, 0.3) is 0 Å². The molecule has 114 valence electrons.